The monoisotopic (exact) mass is 430 g/mol. The van der Waals surface area contributed by atoms with Gasteiger partial charge in [-0.25, -0.2) is 9.97 Å². The molecule has 31 heavy (non-hydrogen) atoms. The highest BCUT2D eigenvalue weighted by Crippen LogP contribution is 2.38. The molecule has 5 nitrogen and oxygen atoms in total. The topological polar surface area (TPSA) is 73.8 Å². The molecule has 1 aliphatic heterocycles. The Morgan fingerprint density at radius 2 is 2.00 bits per heavy atom. The summed E-state index contributed by atoms with van der Waals surface area (Å²) in [5, 5.41) is 14.4. The van der Waals surface area contributed by atoms with Crippen LogP contribution in [0.25, 0.3) is 11.0 Å². The van der Waals surface area contributed by atoms with Crippen LogP contribution in [0.2, 0.25) is 0 Å². The Morgan fingerprint density at radius 3 is 2.90 bits per heavy atom. The molecule has 1 aliphatic carbocycles. The van der Waals surface area contributed by atoms with Crippen LogP contribution in [-0.4, -0.2) is 32.1 Å². The minimum absolute atomic E-state index is 0.115. The van der Waals surface area contributed by atoms with E-state index in [0.29, 0.717) is 12.0 Å². The van der Waals surface area contributed by atoms with Gasteiger partial charge in [-0.15, -0.1) is 11.3 Å². The van der Waals surface area contributed by atoms with Crippen LogP contribution >= 0.6 is 11.3 Å². The molecule has 3 heterocycles. The number of fused-ring (bicyclic) bond motifs is 2. The molecule has 0 amide bonds. The summed E-state index contributed by atoms with van der Waals surface area (Å²) in [5.41, 5.74) is 7.59. The average Bonchev–Trinajstić information content (AvgIpc) is 3.57. The number of imidazole rings is 1. The first-order chi connectivity index (χ1) is 15.2. The molecule has 6 rings (SSSR count). The lowest BCUT2D eigenvalue weighted by molar-refractivity contribution is 0.135. The van der Waals surface area contributed by atoms with Gasteiger partial charge in [0.1, 0.15) is 5.82 Å². The molecule has 1 saturated heterocycles. The van der Waals surface area contributed by atoms with Crippen molar-refractivity contribution in [3.05, 3.63) is 81.6 Å². The molecule has 3 N–H and O–H groups in total. The van der Waals surface area contributed by atoms with E-state index in [2.05, 4.69) is 33.5 Å². The number of aromatic amines is 1. The van der Waals surface area contributed by atoms with Crippen LogP contribution in [0.5, 0.6) is 0 Å². The molecule has 1 fully saturated rings. The van der Waals surface area contributed by atoms with Crippen molar-refractivity contribution in [1.29, 1.82) is 0 Å². The van der Waals surface area contributed by atoms with Crippen LogP contribution in [-0.2, 0) is 12.8 Å². The summed E-state index contributed by atoms with van der Waals surface area (Å²) < 4.78 is 0. The number of thiazole rings is 1. The van der Waals surface area contributed by atoms with Crippen molar-refractivity contribution in [2.45, 2.75) is 56.2 Å². The van der Waals surface area contributed by atoms with Gasteiger partial charge in [0.2, 0.25) is 0 Å². The molecule has 158 valence electrons. The zero-order valence-corrected chi connectivity index (χ0v) is 18.1. The Kier molecular flexibility index (Phi) is 4.86. The number of benzene rings is 2. The zero-order valence-electron chi connectivity index (χ0n) is 17.3. The second-order valence-electron chi connectivity index (χ2n) is 8.83. The Morgan fingerprint density at radius 1 is 1.10 bits per heavy atom. The third-order valence-electron chi connectivity index (χ3n) is 6.84. The first kappa shape index (κ1) is 19.2. The van der Waals surface area contributed by atoms with Gasteiger partial charge >= 0.3 is 0 Å². The zero-order chi connectivity index (χ0) is 20.8. The fourth-order valence-corrected chi connectivity index (χ4v) is 6.07. The molecule has 1 unspecified atom stereocenters. The van der Waals surface area contributed by atoms with Gasteiger partial charge in [-0.3, -0.25) is 0 Å². The van der Waals surface area contributed by atoms with Crippen LogP contribution in [0, 0.1) is 0 Å². The second-order valence-corrected chi connectivity index (χ2v) is 9.77. The Bertz CT molecular complexity index is 1200. The third kappa shape index (κ3) is 3.59. The van der Waals surface area contributed by atoms with Crippen molar-refractivity contribution in [3.8, 4) is 0 Å². The number of aromatic nitrogens is 3. The van der Waals surface area contributed by atoms with Gasteiger partial charge in [-0.05, 0) is 55.4 Å². The summed E-state index contributed by atoms with van der Waals surface area (Å²) >= 11 is 1.76. The fourth-order valence-electron chi connectivity index (χ4n) is 5.22. The maximum absolute atomic E-state index is 10.7. The first-order valence-corrected chi connectivity index (χ1v) is 12.0. The van der Waals surface area contributed by atoms with Gasteiger partial charge < -0.3 is 15.4 Å². The fraction of sp³-hybridized carbons (Fsp3) is 0.360. The van der Waals surface area contributed by atoms with Gasteiger partial charge in [-0.1, -0.05) is 36.4 Å². The van der Waals surface area contributed by atoms with E-state index in [0.717, 1.165) is 54.5 Å². The smallest absolute Gasteiger partial charge is 0.116 e. The first-order valence-electron chi connectivity index (χ1n) is 11.1. The van der Waals surface area contributed by atoms with Crippen molar-refractivity contribution >= 4 is 22.4 Å². The molecule has 0 spiro atoms. The number of aryl methyl sites for hydroxylation is 1. The lowest BCUT2D eigenvalue weighted by Gasteiger charge is -2.20. The molecule has 2 aliphatic rings. The molecule has 2 aromatic carbocycles. The van der Waals surface area contributed by atoms with Crippen molar-refractivity contribution in [1.82, 2.24) is 20.3 Å². The predicted molar refractivity (Wildman–Crippen MR) is 123 cm³/mol. The summed E-state index contributed by atoms with van der Waals surface area (Å²) in [5.74, 6) is 1.34. The van der Waals surface area contributed by atoms with Gasteiger partial charge in [0, 0.05) is 17.0 Å². The minimum atomic E-state index is -0.453. The Labute approximate surface area is 185 Å². The Hall–Kier alpha value is -2.54. The summed E-state index contributed by atoms with van der Waals surface area (Å²) in [6, 6.07) is 17.0. The highest BCUT2D eigenvalue weighted by atomic mass is 32.1. The van der Waals surface area contributed by atoms with E-state index < -0.39 is 6.10 Å². The highest BCUT2D eigenvalue weighted by molar-refractivity contribution is 7.09. The third-order valence-corrected chi connectivity index (χ3v) is 7.75. The SMILES string of the molecule is O[C@H](c1ccccc1)[C@H]1CC[C@@H](Cc2ccc3nc(C4CCc5scnc54)[nH]c3c2)N1. The van der Waals surface area contributed by atoms with E-state index in [9.17, 15) is 5.11 Å². The number of aliphatic hydroxyl groups excluding tert-OH is 1. The molecule has 4 atom stereocenters. The van der Waals surface area contributed by atoms with Gasteiger partial charge in [0.15, 0.2) is 0 Å². The predicted octanol–water partition coefficient (Wildman–Crippen LogP) is 4.49. The standard InChI is InChI=1S/C25H26N4OS/c30-24(16-4-2-1-3-5-16)20-10-7-17(27-20)12-15-6-9-19-21(13-15)29-25(28-19)18-8-11-22-23(18)26-14-31-22/h1-6,9,13-14,17-18,20,24,27,30H,7-8,10-12H2,(H,28,29)/t17-,18?,20+,24+/m0/s1. The summed E-state index contributed by atoms with van der Waals surface area (Å²) in [4.78, 5) is 14.4. The lowest BCUT2D eigenvalue weighted by atomic mass is 10.0. The van der Waals surface area contributed by atoms with Crippen molar-refractivity contribution < 1.29 is 5.11 Å². The van der Waals surface area contributed by atoms with Crippen LogP contribution < -0.4 is 5.32 Å². The minimum Gasteiger partial charge on any atom is -0.387 e. The normalized spacial score (nSPS) is 24.0. The molecule has 0 radical (unpaired) electrons. The van der Waals surface area contributed by atoms with E-state index in [1.165, 1.54) is 16.1 Å². The van der Waals surface area contributed by atoms with Crippen molar-refractivity contribution in [3.63, 3.8) is 0 Å². The molecule has 2 aromatic heterocycles. The lowest BCUT2D eigenvalue weighted by Crippen LogP contribution is -2.35. The number of rotatable bonds is 5. The Balaban J connectivity index is 1.16. The van der Waals surface area contributed by atoms with Crippen LogP contribution in [0.3, 0.4) is 0 Å². The van der Waals surface area contributed by atoms with Gasteiger partial charge in [0.05, 0.1) is 34.3 Å². The van der Waals surface area contributed by atoms with E-state index in [-0.39, 0.29) is 6.04 Å². The maximum Gasteiger partial charge on any atom is 0.116 e. The maximum atomic E-state index is 10.7. The second kappa shape index (κ2) is 7.86. The average molecular weight is 431 g/mol. The molecular formula is C25H26N4OS. The number of aliphatic hydroxyl groups is 1. The molecule has 0 saturated carbocycles. The van der Waals surface area contributed by atoms with Crippen LogP contribution in [0.4, 0.5) is 0 Å². The molecule has 6 heteroatoms. The number of hydrogen-bond donors (Lipinski definition) is 3. The van der Waals surface area contributed by atoms with Crippen LogP contribution in [0.15, 0.2) is 54.0 Å². The summed E-state index contributed by atoms with van der Waals surface area (Å²) in [6.45, 7) is 0. The number of nitrogens with one attached hydrogen (secondary N) is 2. The molecular weight excluding hydrogens is 404 g/mol. The van der Waals surface area contributed by atoms with E-state index in [4.69, 9.17) is 4.98 Å². The van der Waals surface area contributed by atoms with E-state index in [1.807, 2.05) is 35.8 Å². The quantitative estimate of drug-likeness (QED) is 0.436. The highest BCUT2D eigenvalue weighted by Gasteiger charge is 2.31. The van der Waals surface area contributed by atoms with E-state index >= 15 is 0 Å². The molecule has 4 aromatic rings. The largest absolute Gasteiger partial charge is 0.387 e. The van der Waals surface area contributed by atoms with E-state index in [1.54, 1.807) is 11.3 Å². The van der Waals surface area contributed by atoms with Crippen LogP contribution in [0.1, 0.15) is 58.8 Å². The van der Waals surface area contributed by atoms with Crippen molar-refractivity contribution in [2.24, 2.45) is 0 Å². The number of nitrogens with zero attached hydrogens (tertiary/aromatic N) is 2. The van der Waals surface area contributed by atoms with Gasteiger partial charge in [0.25, 0.3) is 0 Å². The molecule has 0 bridgehead atoms. The van der Waals surface area contributed by atoms with Gasteiger partial charge in [-0.2, -0.15) is 0 Å². The van der Waals surface area contributed by atoms with Crippen molar-refractivity contribution in [2.75, 3.05) is 0 Å². The summed E-state index contributed by atoms with van der Waals surface area (Å²) in [7, 11) is 0. The number of H-pyrrole nitrogens is 1. The summed E-state index contributed by atoms with van der Waals surface area (Å²) in [6.07, 6.45) is 4.78. The number of hydrogen-bond acceptors (Lipinski definition) is 5.